The number of benzene rings is 3. The maximum absolute atomic E-state index is 13.2. The van der Waals surface area contributed by atoms with E-state index in [1.54, 1.807) is 0 Å². The molecule has 0 aliphatic rings. The van der Waals surface area contributed by atoms with Gasteiger partial charge in [0.05, 0.1) is 11.6 Å². The van der Waals surface area contributed by atoms with E-state index in [9.17, 15) is 4.79 Å². The molecule has 0 saturated carbocycles. The molecule has 4 aromatic rings. The summed E-state index contributed by atoms with van der Waals surface area (Å²) in [5.41, 5.74) is 4.89. The lowest BCUT2D eigenvalue weighted by Gasteiger charge is -2.18. The molecular formula is C23H20N2O. The molecule has 1 aromatic heterocycles. The first-order valence-corrected chi connectivity index (χ1v) is 8.71. The lowest BCUT2D eigenvalue weighted by Crippen LogP contribution is -2.22. The van der Waals surface area contributed by atoms with E-state index in [1.165, 1.54) is 0 Å². The number of aromatic amines is 1. The van der Waals surface area contributed by atoms with Crippen LogP contribution in [0.15, 0.2) is 84.9 Å². The van der Waals surface area contributed by atoms with Crippen molar-refractivity contribution >= 4 is 22.5 Å². The van der Waals surface area contributed by atoms with E-state index in [4.69, 9.17) is 0 Å². The minimum atomic E-state index is -0.354. The number of hydrogen-bond donors (Lipinski definition) is 2. The van der Waals surface area contributed by atoms with Crippen LogP contribution in [-0.2, 0) is 4.79 Å². The van der Waals surface area contributed by atoms with Gasteiger partial charge in [-0.15, -0.1) is 0 Å². The number of H-pyrrole nitrogens is 1. The minimum absolute atomic E-state index is 0.0336. The summed E-state index contributed by atoms with van der Waals surface area (Å²) in [6.45, 7) is 2.02. The van der Waals surface area contributed by atoms with Crippen molar-refractivity contribution in [3.63, 3.8) is 0 Å². The Labute approximate surface area is 152 Å². The monoisotopic (exact) mass is 340 g/mol. The molecule has 1 heterocycles. The van der Waals surface area contributed by atoms with Crippen LogP contribution >= 0.6 is 0 Å². The van der Waals surface area contributed by atoms with Crippen molar-refractivity contribution in [1.82, 2.24) is 4.98 Å². The van der Waals surface area contributed by atoms with Gasteiger partial charge in [0.2, 0.25) is 5.91 Å². The summed E-state index contributed by atoms with van der Waals surface area (Å²) >= 11 is 0. The third-order valence-corrected chi connectivity index (χ3v) is 4.58. The van der Waals surface area contributed by atoms with Gasteiger partial charge >= 0.3 is 0 Å². The topological polar surface area (TPSA) is 44.9 Å². The van der Waals surface area contributed by atoms with Crippen LogP contribution in [0.25, 0.3) is 10.9 Å². The van der Waals surface area contributed by atoms with Gasteiger partial charge in [-0.3, -0.25) is 4.79 Å². The van der Waals surface area contributed by atoms with Gasteiger partial charge in [0.1, 0.15) is 0 Å². The van der Waals surface area contributed by atoms with Crippen LogP contribution in [-0.4, -0.2) is 10.9 Å². The lowest BCUT2D eigenvalue weighted by molar-refractivity contribution is -0.116. The Morgan fingerprint density at radius 3 is 2.08 bits per heavy atom. The Kier molecular flexibility index (Phi) is 4.28. The standard InChI is InChI=1S/C23H20N2O/c1-16-15-19-20(24-16)13-8-14-21(19)25-23(26)22(17-9-4-2-5-10-17)18-11-6-3-7-12-18/h2-15,22,24H,1H3,(H,25,26). The third kappa shape index (κ3) is 3.11. The first-order chi connectivity index (χ1) is 12.7. The van der Waals surface area contributed by atoms with Crippen molar-refractivity contribution in [2.24, 2.45) is 0 Å². The molecule has 0 spiro atoms. The first kappa shape index (κ1) is 16.2. The number of aromatic nitrogens is 1. The van der Waals surface area contributed by atoms with E-state index < -0.39 is 0 Å². The number of anilines is 1. The van der Waals surface area contributed by atoms with E-state index >= 15 is 0 Å². The number of fused-ring (bicyclic) bond motifs is 1. The summed E-state index contributed by atoms with van der Waals surface area (Å²) < 4.78 is 0. The minimum Gasteiger partial charge on any atom is -0.359 e. The quantitative estimate of drug-likeness (QED) is 0.524. The fourth-order valence-corrected chi connectivity index (χ4v) is 3.39. The lowest BCUT2D eigenvalue weighted by atomic mass is 9.90. The molecule has 0 unspecified atom stereocenters. The van der Waals surface area contributed by atoms with Crippen LogP contribution < -0.4 is 5.32 Å². The summed E-state index contributed by atoms with van der Waals surface area (Å²) in [6, 6.07) is 27.8. The van der Waals surface area contributed by atoms with Crippen LogP contribution in [0.2, 0.25) is 0 Å². The molecule has 128 valence electrons. The van der Waals surface area contributed by atoms with Crippen molar-refractivity contribution in [3.8, 4) is 0 Å². The van der Waals surface area contributed by atoms with Crippen molar-refractivity contribution in [3.05, 3.63) is 102 Å². The highest BCUT2D eigenvalue weighted by Crippen LogP contribution is 2.29. The predicted octanol–water partition coefficient (Wildman–Crippen LogP) is 5.25. The number of hydrogen-bond acceptors (Lipinski definition) is 1. The molecule has 0 fully saturated rings. The van der Waals surface area contributed by atoms with Crippen molar-refractivity contribution in [2.45, 2.75) is 12.8 Å². The maximum atomic E-state index is 13.2. The Bertz CT molecular complexity index is 996. The van der Waals surface area contributed by atoms with E-state index in [-0.39, 0.29) is 11.8 Å². The number of carbonyl (C=O) groups excluding carboxylic acids is 1. The fourth-order valence-electron chi connectivity index (χ4n) is 3.39. The highest BCUT2D eigenvalue weighted by molar-refractivity contribution is 6.05. The number of carbonyl (C=O) groups is 1. The Balaban J connectivity index is 1.73. The van der Waals surface area contributed by atoms with Gasteiger partial charge < -0.3 is 10.3 Å². The molecule has 0 aliphatic heterocycles. The zero-order valence-corrected chi connectivity index (χ0v) is 14.6. The van der Waals surface area contributed by atoms with E-state index in [1.807, 2.05) is 85.8 Å². The summed E-state index contributed by atoms with van der Waals surface area (Å²) in [4.78, 5) is 16.6. The molecule has 0 aliphatic carbocycles. The molecule has 4 rings (SSSR count). The molecule has 0 bridgehead atoms. The van der Waals surface area contributed by atoms with E-state index in [2.05, 4.69) is 16.4 Å². The van der Waals surface area contributed by atoms with Gasteiger partial charge in [-0.05, 0) is 36.2 Å². The molecular weight excluding hydrogens is 320 g/mol. The second-order valence-corrected chi connectivity index (χ2v) is 6.46. The first-order valence-electron chi connectivity index (χ1n) is 8.71. The second-order valence-electron chi connectivity index (χ2n) is 6.46. The van der Waals surface area contributed by atoms with Crippen LogP contribution in [0.3, 0.4) is 0 Å². The van der Waals surface area contributed by atoms with Crippen molar-refractivity contribution in [2.75, 3.05) is 5.32 Å². The van der Waals surface area contributed by atoms with Gasteiger partial charge in [-0.2, -0.15) is 0 Å². The summed E-state index contributed by atoms with van der Waals surface area (Å²) in [5.74, 6) is -0.388. The zero-order valence-electron chi connectivity index (χ0n) is 14.6. The predicted molar refractivity (Wildman–Crippen MR) is 106 cm³/mol. The highest BCUT2D eigenvalue weighted by atomic mass is 16.1. The van der Waals surface area contributed by atoms with Crippen LogP contribution in [0.4, 0.5) is 5.69 Å². The molecule has 0 radical (unpaired) electrons. The molecule has 1 amide bonds. The number of rotatable bonds is 4. The van der Waals surface area contributed by atoms with Gasteiger partial charge in [-0.1, -0.05) is 66.7 Å². The molecule has 3 heteroatoms. The SMILES string of the molecule is Cc1cc2c(NC(=O)C(c3ccccc3)c3ccccc3)cccc2[nH]1. The molecule has 26 heavy (non-hydrogen) atoms. The Morgan fingerprint density at radius 2 is 1.46 bits per heavy atom. The number of aryl methyl sites for hydroxylation is 1. The van der Waals surface area contributed by atoms with E-state index in [0.717, 1.165) is 33.4 Å². The average Bonchev–Trinajstić information content (AvgIpc) is 3.05. The Hall–Kier alpha value is -3.33. The van der Waals surface area contributed by atoms with E-state index in [0.29, 0.717) is 0 Å². The molecule has 0 atom stereocenters. The third-order valence-electron chi connectivity index (χ3n) is 4.58. The van der Waals surface area contributed by atoms with Crippen molar-refractivity contribution < 1.29 is 4.79 Å². The number of amides is 1. The largest absolute Gasteiger partial charge is 0.359 e. The average molecular weight is 340 g/mol. The summed E-state index contributed by atoms with van der Waals surface area (Å²) in [6.07, 6.45) is 0. The number of nitrogens with one attached hydrogen (secondary N) is 2. The summed E-state index contributed by atoms with van der Waals surface area (Å²) in [7, 11) is 0. The fraction of sp³-hybridized carbons (Fsp3) is 0.0870. The van der Waals surface area contributed by atoms with Gasteiger partial charge in [0.25, 0.3) is 0 Å². The second kappa shape index (κ2) is 6.89. The molecule has 2 N–H and O–H groups in total. The molecule has 0 saturated heterocycles. The van der Waals surface area contributed by atoms with Gasteiger partial charge in [0.15, 0.2) is 0 Å². The Morgan fingerprint density at radius 1 is 0.846 bits per heavy atom. The van der Waals surface area contributed by atoms with Crippen molar-refractivity contribution in [1.29, 1.82) is 0 Å². The highest BCUT2D eigenvalue weighted by Gasteiger charge is 2.23. The zero-order chi connectivity index (χ0) is 17.9. The van der Waals surface area contributed by atoms with Crippen LogP contribution in [0.1, 0.15) is 22.7 Å². The van der Waals surface area contributed by atoms with Crippen LogP contribution in [0.5, 0.6) is 0 Å². The van der Waals surface area contributed by atoms with Gasteiger partial charge in [0, 0.05) is 16.6 Å². The maximum Gasteiger partial charge on any atom is 0.236 e. The normalized spacial score (nSPS) is 11.0. The summed E-state index contributed by atoms with van der Waals surface area (Å²) in [5, 5.41) is 4.16. The smallest absolute Gasteiger partial charge is 0.236 e. The van der Waals surface area contributed by atoms with Crippen LogP contribution in [0, 0.1) is 6.92 Å². The molecule has 3 nitrogen and oxygen atoms in total. The molecule has 3 aromatic carbocycles. The van der Waals surface area contributed by atoms with Gasteiger partial charge in [-0.25, -0.2) is 0 Å².